The number of anilines is 2. The van der Waals surface area contributed by atoms with Crippen LogP contribution < -0.4 is 18.9 Å². The highest BCUT2D eigenvalue weighted by Gasteiger charge is 2.31. The molecule has 0 aliphatic rings. The second kappa shape index (κ2) is 19.1. The van der Waals surface area contributed by atoms with Crippen LogP contribution in [0.3, 0.4) is 0 Å². The van der Waals surface area contributed by atoms with Crippen molar-refractivity contribution in [3.63, 3.8) is 0 Å². The number of rotatable bonds is 16. The molecule has 0 heterocycles. The Labute approximate surface area is 355 Å². The molecule has 0 unspecified atom stereocenters. The van der Waals surface area contributed by atoms with Crippen molar-refractivity contribution in [1.29, 1.82) is 0 Å². The van der Waals surface area contributed by atoms with Crippen molar-refractivity contribution in [1.82, 2.24) is 0 Å². The van der Waals surface area contributed by atoms with Gasteiger partial charge in [-0.25, -0.2) is 16.8 Å². The largest absolute Gasteiger partial charge is 0.487 e. The molecule has 11 nitrogen and oxygen atoms in total. The van der Waals surface area contributed by atoms with Gasteiger partial charge >= 0.3 is 18.1 Å². The summed E-state index contributed by atoms with van der Waals surface area (Å²) in [4.78, 5) is 25.0. The monoisotopic (exact) mass is 1070 g/mol. The highest BCUT2D eigenvalue weighted by atomic mass is 79.9. The van der Waals surface area contributed by atoms with Crippen molar-refractivity contribution in [3.8, 4) is 11.5 Å². The van der Waals surface area contributed by atoms with Crippen molar-refractivity contribution in [2.75, 3.05) is 22.0 Å². The molecule has 0 bridgehead atoms. The fraction of sp³-hybridized carbons (Fsp3) is 0.278. The van der Waals surface area contributed by atoms with Crippen LogP contribution in [0.1, 0.15) is 46.2 Å². The molecule has 0 radical (unpaired) electrons. The molecule has 0 spiro atoms. The zero-order valence-electron chi connectivity index (χ0n) is 29.7. The predicted octanol–water partition coefficient (Wildman–Crippen LogP) is 9.60. The van der Waals surface area contributed by atoms with E-state index in [4.69, 9.17) is 14.2 Å². The van der Waals surface area contributed by atoms with Crippen LogP contribution in [0.2, 0.25) is 0 Å². The van der Waals surface area contributed by atoms with Crippen LogP contribution in [-0.2, 0) is 66.6 Å². The minimum absolute atomic E-state index is 0.0595. The number of benzene rings is 4. The van der Waals surface area contributed by atoms with E-state index in [9.17, 15) is 39.6 Å². The minimum Gasteiger partial charge on any atom is -0.487 e. The Hall–Kier alpha value is -3.17. The lowest BCUT2D eigenvalue weighted by atomic mass is 10.1. The molecular formula is C36H33Br4F3N2O9S2. The molecule has 0 fully saturated rings. The molecule has 0 amide bonds. The lowest BCUT2D eigenvalue weighted by molar-refractivity contribution is -0.159. The van der Waals surface area contributed by atoms with Gasteiger partial charge in [-0.05, 0) is 160 Å². The van der Waals surface area contributed by atoms with E-state index in [1.807, 2.05) is 6.07 Å². The third kappa shape index (κ3) is 14.0. The molecule has 4 rings (SSSR count). The maximum atomic E-state index is 13.5. The molecule has 2 N–H and O–H groups in total. The average Bonchev–Trinajstić information content (AvgIpc) is 3.05. The van der Waals surface area contributed by atoms with Crippen molar-refractivity contribution in [3.05, 3.63) is 112 Å². The second-order valence-electron chi connectivity index (χ2n) is 12.5. The quantitative estimate of drug-likeness (QED) is 0.0825. The summed E-state index contributed by atoms with van der Waals surface area (Å²) in [5.74, 6) is -0.693. The smallest absolute Gasteiger partial charge is 0.416 e. The van der Waals surface area contributed by atoms with Crippen LogP contribution in [0, 0.1) is 6.92 Å². The maximum Gasteiger partial charge on any atom is 0.416 e. The normalized spacial score (nSPS) is 11.9. The number of ether oxygens (including phenoxy) is 3. The molecule has 0 atom stereocenters. The topological polar surface area (TPSA) is 154 Å². The first-order valence-corrected chi connectivity index (χ1v) is 23.1. The van der Waals surface area contributed by atoms with Crippen molar-refractivity contribution in [2.24, 2.45) is 0 Å². The first kappa shape index (κ1) is 45.5. The van der Waals surface area contributed by atoms with Crippen molar-refractivity contribution < 1.29 is 53.8 Å². The van der Waals surface area contributed by atoms with Gasteiger partial charge in [0.05, 0.1) is 54.5 Å². The van der Waals surface area contributed by atoms with Gasteiger partial charge in [0.2, 0.25) is 20.0 Å². The van der Waals surface area contributed by atoms with E-state index in [1.165, 1.54) is 6.07 Å². The Kier molecular flexibility index (Phi) is 15.5. The van der Waals surface area contributed by atoms with E-state index in [2.05, 4.69) is 73.2 Å². The van der Waals surface area contributed by atoms with Gasteiger partial charge in [-0.15, -0.1) is 0 Å². The fourth-order valence-corrected chi connectivity index (χ4v) is 9.37. The van der Waals surface area contributed by atoms with Crippen LogP contribution >= 0.6 is 63.7 Å². The van der Waals surface area contributed by atoms with E-state index in [0.29, 0.717) is 41.0 Å². The first-order chi connectivity index (χ1) is 26.0. The van der Waals surface area contributed by atoms with Gasteiger partial charge in [-0.3, -0.25) is 19.0 Å². The van der Waals surface area contributed by atoms with Gasteiger partial charge in [0.15, 0.2) is 0 Å². The van der Waals surface area contributed by atoms with Crippen molar-refractivity contribution in [2.45, 2.75) is 52.0 Å². The zero-order chi connectivity index (χ0) is 41.6. The average molecular weight is 1080 g/mol. The minimum atomic E-state index is -4.73. The Morgan fingerprint density at radius 1 is 0.679 bits per heavy atom. The van der Waals surface area contributed by atoms with Gasteiger partial charge in [0.25, 0.3) is 0 Å². The van der Waals surface area contributed by atoms with E-state index >= 15 is 0 Å². The molecule has 0 aliphatic carbocycles. The molecule has 302 valence electrons. The van der Waals surface area contributed by atoms with E-state index in [1.54, 1.807) is 43.3 Å². The lowest BCUT2D eigenvalue weighted by Crippen LogP contribution is -2.13. The third-order valence-corrected chi connectivity index (χ3v) is 11.3. The first-order valence-electron chi connectivity index (χ1n) is 16.2. The summed E-state index contributed by atoms with van der Waals surface area (Å²) in [6, 6.07) is 14.8. The van der Waals surface area contributed by atoms with Gasteiger partial charge in [-0.2, -0.15) is 13.2 Å². The van der Waals surface area contributed by atoms with Crippen molar-refractivity contribution >= 4 is 107 Å². The van der Waals surface area contributed by atoms with Crippen LogP contribution in [0.5, 0.6) is 11.5 Å². The van der Waals surface area contributed by atoms with Gasteiger partial charge in [-0.1, -0.05) is 12.1 Å². The number of hydrogen-bond acceptors (Lipinski definition) is 9. The Morgan fingerprint density at radius 3 is 1.62 bits per heavy atom. The highest BCUT2D eigenvalue weighted by Crippen LogP contribution is 2.38. The summed E-state index contributed by atoms with van der Waals surface area (Å²) in [5, 5.41) is 0. The number of halogens is 7. The van der Waals surface area contributed by atoms with Gasteiger partial charge in [0, 0.05) is 5.69 Å². The van der Waals surface area contributed by atoms with Crippen LogP contribution in [0.15, 0.2) is 78.6 Å². The lowest BCUT2D eigenvalue weighted by Gasteiger charge is -2.15. The molecule has 4 aromatic carbocycles. The van der Waals surface area contributed by atoms with Crippen LogP contribution in [0.4, 0.5) is 24.5 Å². The molecule has 0 aliphatic heterocycles. The SMILES string of the molecule is Cc1c(COc2c(Br)cc(CCC(=O)OC(=O)CCc3cc(Br)c(OCc4cc(NS(C)(=O)=O)cc(C(F)(F)F)c4)c(Br)c3)cc2Br)cccc1NS(C)(=O)=O. The number of esters is 2. The Bertz CT molecular complexity index is 2320. The molecule has 0 aromatic heterocycles. The number of aryl methyl sites for hydroxylation is 2. The molecular weight excluding hydrogens is 1050 g/mol. The maximum absolute atomic E-state index is 13.5. The van der Waals surface area contributed by atoms with Gasteiger partial charge < -0.3 is 14.2 Å². The predicted molar refractivity (Wildman–Crippen MR) is 220 cm³/mol. The second-order valence-corrected chi connectivity index (χ2v) is 19.4. The number of hydrogen-bond donors (Lipinski definition) is 2. The number of sulfonamides is 2. The van der Waals surface area contributed by atoms with E-state index < -0.39 is 43.7 Å². The van der Waals surface area contributed by atoms with Crippen LogP contribution in [0.25, 0.3) is 0 Å². The molecule has 0 saturated heterocycles. The Balaban J connectivity index is 1.29. The summed E-state index contributed by atoms with van der Waals surface area (Å²) in [7, 11) is -7.29. The molecule has 20 heteroatoms. The van der Waals surface area contributed by atoms with Gasteiger partial charge in [0.1, 0.15) is 24.7 Å². The molecule has 4 aromatic rings. The number of alkyl halides is 3. The molecule has 0 saturated carbocycles. The summed E-state index contributed by atoms with van der Waals surface area (Å²) in [6.45, 7) is 1.61. The summed E-state index contributed by atoms with van der Waals surface area (Å²) >= 11 is 13.8. The molecule has 56 heavy (non-hydrogen) atoms. The summed E-state index contributed by atoms with van der Waals surface area (Å²) < 4.78 is 110. The third-order valence-electron chi connectivity index (χ3n) is 7.70. The number of carbonyl (C=O) groups is 2. The standard InChI is InChI=1S/C36H33Br4F3N2O9S2/c1-20-24(5-4-6-31(20)45-56(3,50)51)19-53-35-29(39)15-22(16-30(35)40)8-10-33(47)54-32(46)9-7-21-13-27(37)34(28(38)14-21)52-18-23-11-25(36(41,42)43)17-26(12-23)44-55(2,48)49/h4-6,11-17,44-45H,7-10,18-19H2,1-3H3. The van der Waals surface area contributed by atoms with E-state index in [-0.39, 0.29) is 55.9 Å². The Morgan fingerprint density at radius 2 is 1.16 bits per heavy atom. The number of nitrogens with one attached hydrogen (secondary N) is 2. The van der Waals surface area contributed by atoms with E-state index in [0.717, 1.165) is 35.3 Å². The summed E-state index contributed by atoms with van der Waals surface area (Å²) in [5.41, 5.74) is 2.11. The zero-order valence-corrected chi connectivity index (χ0v) is 37.6. The fourth-order valence-electron chi connectivity index (χ4n) is 5.18. The highest BCUT2D eigenvalue weighted by molar-refractivity contribution is 9.11. The van der Waals surface area contributed by atoms with Crippen LogP contribution in [-0.4, -0.2) is 41.3 Å². The number of carbonyl (C=O) groups excluding carboxylic acids is 2. The summed E-state index contributed by atoms with van der Waals surface area (Å²) in [6.07, 6.45) is -2.57.